The summed E-state index contributed by atoms with van der Waals surface area (Å²) in [7, 11) is 1.73. The highest BCUT2D eigenvalue weighted by Crippen LogP contribution is 2.29. The predicted molar refractivity (Wildman–Crippen MR) is 116 cm³/mol. The molecule has 1 aliphatic heterocycles. The smallest absolute Gasteiger partial charge is 0.120 e. The van der Waals surface area contributed by atoms with Crippen LogP contribution in [-0.2, 0) is 19.4 Å². The van der Waals surface area contributed by atoms with Crippen LogP contribution in [0.25, 0.3) is 5.69 Å². The van der Waals surface area contributed by atoms with E-state index >= 15 is 0 Å². The second-order valence-electron chi connectivity index (χ2n) is 7.94. The van der Waals surface area contributed by atoms with Crippen LogP contribution in [0.2, 0.25) is 0 Å². The number of methoxy groups -OCH3 is 1. The number of rotatable bonds is 5. The van der Waals surface area contributed by atoms with E-state index in [1.165, 1.54) is 41.2 Å². The minimum Gasteiger partial charge on any atom is -0.497 e. The van der Waals surface area contributed by atoms with Crippen molar-refractivity contribution in [3.63, 3.8) is 0 Å². The van der Waals surface area contributed by atoms with E-state index in [1.807, 2.05) is 6.07 Å². The number of para-hydroxylation sites is 1. The number of ether oxygens (including phenoxy) is 1. The molecule has 0 saturated carbocycles. The average molecular weight is 389 g/mol. The lowest BCUT2D eigenvalue weighted by Crippen LogP contribution is -2.46. The van der Waals surface area contributed by atoms with Gasteiger partial charge in [-0.3, -0.25) is 4.90 Å². The molecule has 2 aliphatic rings. The molecule has 2 heterocycles. The molecule has 5 rings (SSSR count). The lowest BCUT2D eigenvalue weighted by Gasteiger charge is -2.36. The van der Waals surface area contributed by atoms with Crippen molar-refractivity contribution in [2.75, 3.05) is 38.2 Å². The Morgan fingerprint density at radius 3 is 2.48 bits per heavy atom. The average Bonchev–Trinajstić information content (AvgIpc) is 3.39. The van der Waals surface area contributed by atoms with Crippen molar-refractivity contribution in [1.29, 1.82) is 0 Å². The van der Waals surface area contributed by atoms with Crippen LogP contribution in [0.1, 0.15) is 23.4 Å². The van der Waals surface area contributed by atoms with E-state index in [2.05, 4.69) is 63.0 Å². The molecule has 5 heteroatoms. The van der Waals surface area contributed by atoms with Gasteiger partial charge >= 0.3 is 0 Å². The Bertz CT molecular complexity index is 974. The first-order valence-electron chi connectivity index (χ1n) is 10.6. The third-order valence-corrected chi connectivity index (χ3v) is 6.18. The van der Waals surface area contributed by atoms with Gasteiger partial charge in [0.2, 0.25) is 0 Å². The molecule has 0 bridgehead atoms. The van der Waals surface area contributed by atoms with Crippen LogP contribution in [0.5, 0.6) is 5.75 Å². The largest absolute Gasteiger partial charge is 0.497 e. The van der Waals surface area contributed by atoms with Gasteiger partial charge in [0, 0.05) is 50.2 Å². The monoisotopic (exact) mass is 388 g/mol. The first-order valence-corrected chi connectivity index (χ1v) is 10.6. The number of anilines is 1. The maximum atomic E-state index is 5.38. The molecule has 1 aliphatic carbocycles. The van der Waals surface area contributed by atoms with Crippen molar-refractivity contribution in [2.45, 2.75) is 25.8 Å². The minimum atomic E-state index is 0.923. The van der Waals surface area contributed by atoms with Crippen molar-refractivity contribution in [3.8, 4) is 11.4 Å². The molecule has 5 nitrogen and oxygen atoms in total. The summed E-state index contributed by atoms with van der Waals surface area (Å²) in [6, 6.07) is 18.9. The summed E-state index contributed by atoms with van der Waals surface area (Å²) in [6.07, 6.45) is 3.55. The van der Waals surface area contributed by atoms with Crippen LogP contribution in [0, 0.1) is 0 Å². The highest BCUT2D eigenvalue weighted by molar-refractivity contribution is 5.51. The summed E-state index contributed by atoms with van der Waals surface area (Å²) in [5.74, 6) is 0.923. The van der Waals surface area contributed by atoms with Gasteiger partial charge in [-0.25, -0.2) is 4.68 Å². The lowest BCUT2D eigenvalue weighted by atomic mass is 10.1. The number of hydrogen-bond acceptors (Lipinski definition) is 4. The highest BCUT2D eigenvalue weighted by atomic mass is 16.5. The van der Waals surface area contributed by atoms with Crippen molar-refractivity contribution in [1.82, 2.24) is 14.7 Å². The maximum Gasteiger partial charge on any atom is 0.120 e. The first kappa shape index (κ1) is 18.3. The Hall–Kier alpha value is -2.79. The maximum absolute atomic E-state index is 5.38. The predicted octanol–water partition coefficient (Wildman–Crippen LogP) is 3.69. The van der Waals surface area contributed by atoms with E-state index in [0.29, 0.717) is 0 Å². The molecule has 2 aromatic carbocycles. The van der Waals surface area contributed by atoms with Crippen molar-refractivity contribution in [3.05, 3.63) is 71.5 Å². The molecule has 0 N–H and O–H groups in total. The number of piperazine rings is 1. The van der Waals surface area contributed by atoms with Crippen molar-refractivity contribution in [2.24, 2.45) is 0 Å². The number of nitrogens with zero attached hydrogens (tertiary/aromatic N) is 4. The number of hydrogen-bond donors (Lipinski definition) is 0. The Kier molecular flexibility index (Phi) is 4.98. The Morgan fingerprint density at radius 2 is 1.69 bits per heavy atom. The second-order valence-corrected chi connectivity index (χ2v) is 7.94. The van der Waals surface area contributed by atoms with Crippen LogP contribution < -0.4 is 9.64 Å². The van der Waals surface area contributed by atoms with Gasteiger partial charge in [0.25, 0.3) is 0 Å². The van der Waals surface area contributed by atoms with Crippen LogP contribution in [0.15, 0.2) is 54.6 Å². The molecule has 0 unspecified atom stereocenters. The fraction of sp³-hybridized carbons (Fsp3) is 0.375. The quantitative estimate of drug-likeness (QED) is 0.668. The molecule has 1 fully saturated rings. The van der Waals surface area contributed by atoms with Gasteiger partial charge in [-0.2, -0.15) is 5.10 Å². The summed E-state index contributed by atoms with van der Waals surface area (Å²) >= 11 is 0. The van der Waals surface area contributed by atoms with E-state index in [-0.39, 0.29) is 0 Å². The Labute approximate surface area is 172 Å². The molecular formula is C24H28N4O. The van der Waals surface area contributed by atoms with Crippen molar-refractivity contribution >= 4 is 5.69 Å². The molecule has 0 amide bonds. The van der Waals surface area contributed by atoms with Crippen LogP contribution in [-0.4, -0.2) is 48.0 Å². The summed E-state index contributed by atoms with van der Waals surface area (Å²) in [5.41, 5.74) is 6.61. The van der Waals surface area contributed by atoms with E-state index in [1.54, 1.807) is 7.11 Å². The molecule has 1 aromatic heterocycles. The summed E-state index contributed by atoms with van der Waals surface area (Å²) in [6.45, 7) is 5.14. The first-order chi connectivity index (χ1) is 14.3. The Balaban J connectivity index is 1.29. The standard InChI is InChI=1S/C24H28N4O/c1-29-21-10-5-9-20(17-21)27-15-13-26(14-16-27)18-23-22-11-6-12-24(22)28(25-23)19-7-3-2-4-8-19/h2-5,7-10,17H,6,11-16,18H2,1H3. The lowest BCUT2D eigenvalue weighted by molar-refractivity contribution is 0.246. The molecule has 3 aromatic rings. The Morgan fingerprint density at radius 1 is 0.897 bits per heavy atom. The zero-order valence-corrected chi connectivity index (χ0v) is 17.1. The zero-order valence-electron chi connectivity index (χ0n) is 17.1. The van der Waals surface area contributed by atoms with Gasteiger partial charge in [0.15, 0.2) is 0 Å². The number of aromatic nitrogens is 2. The van der Waals surface area contributed by atoms with E-state index < -0.39 is 0 Å². The summed E-state index contributed by atoms with van der Waals surface area (Å²) in [4.78, 5) is 5.00. The number of fused-ring (bicyclic) bond motifs is 1. The van der Waals surface area contributed by atoms with Crippen LogP contribution >= 0.6 is 0 Å². The van der Waals surface area contributed by atoms with Crippen LogP contribution in [0.4, 0.5) is 5.69 Å². The van der Waals surface area contributed by atoms with Crippen LogP contribution in [0.3, 0.4) is 0 Å². The molecule has 0 spiro atoms. The highest BCUT2D eigenvalue weighted by Gasteiger charge is 2.25. The van der Waals surface area contributed by atoms with E-state index in [9.17, 15) is 0 Å². The molecule has 0 atom stereocenters. The van der Waals surface area contributed by atoms with Gasteiger partial charge < -0.3 is 9.64 Å². The topological polar surface area (TPSA) is 33.5 Å². The van der Waals surface area contributed by atoms with Gasteiger partial charge in [-0.1, -0.05) is 24.3 Å². The summed E-state index contributed by atoms with van der Waals surface area (Å²) < 4.78 is 7.56. The second kappa shape index (κ2) is 7.91. The normalized spacial score (nSPS) is 16.8. The number of benzene rings is 2. The molecular weight excluding hydrogens is 360 g/mol. The third kappa shape index (κ3) is 3.62. The van der Waals surface area contributed by atoms with Gasteiger partial charge in [0.05, 0.1) is 18.5 Å². The molecule has 29 heavy (non-hydrogen) atoms. The van der Waals surface area contributed by atoms with Gasteiger partial charge in [-0.15, -0.1) is 0 Å². The summed E-state index contributed by atoms with van der Waals surface area (Å²) in [5, 5.41) is 5.04. The van der Waals surface area contributed by atoms with E-state index in [0.717, 1.165) is 44.9 Å². The third-order valence-electron chi connectivity index (χ3n) is 6.18. The van der Waals surface area contributed by atoms with Gasteiger partial charge in [0.1, 0.15) is 5.75 Å². The molecule has 0 radical (unpaired) electrons. The zero-order chi connectivity index (χ0) is 19.6. The SMILES string of the molecule is COc1cccc(N2CCN(Cc3nn(-c4ccccc4)c4c3CCC4)CC2)c1. The molecule has 150 valence electrons. The minimum absolute atomic E-state index is 0.923. The van der Waals surface area contributed by atoms with Crippen molar-refractivity contribution < 1.29 is 4.74 Å². The van der Waals surface area contributed by atoms with Gasteiger partial charge in [-0.05, 0) is 49.1 Å². The van der Waals surface area contributed by atoms with E-state index in [4.69, 9.17) is 9.84 Å². The fourth-order valence-corrected chi connectivity index (χ4v) is 4.61. The molecule has 1 saturated heterocycles. The fourth-order valence-electron chi connectivity index (χ4n) is 4.61.